The van der Waals surface area contributed by atoms with Gasteiger partial charge in [-0.05, 0) is 36.2 Å². The van der Waals surface area contributed by atoms with Crippen molar-refractivity contribution < 1.29 is 9.32 Å². The lowest BCUT2D eigenvalue weighted by Crippen LogP contribution is -2.35. The summed E-state index contributed by atoms with van der Waals surface area (Å²) in [6.45, 7) is 0.555. The molecule has 0 N–H and O–H groups in total. The van der Waals surface area contributed by atoms with E-state index in [1.807, 2.05) is 48.5 Å². The Morgan fingerprint density at radius 1 is 1.06 bits per heavy atom. The van der Waals surface area contributed by atoms with Crippen molar-refractivity contribution in [3.8, 4) is 22.8 Å². The summed E-state index contributed by atoms with van der Waals surface area (Å²) in [4.78, 5) is 31.5. The van der Waals surface area contributed by atoms with Gasteiger partial charge in [0.15, 0.2) is 0 Å². The van der Waals surface area contributed by atoms with Gasteiger partial charge in [-0.15, -0.1) is 0 Å². The largest absolute Gasteiger partial charge is 0.334 e. The molecular weight excluding hydrogens is 460 g/mol. The van der Waals surface area contributed by atoms with Gasteiger partial charge in [-0.25, -0.2) is 0 Å². The molecule has 0 aliphatic carbocycles. The number of para-hydroxylation sites is 1. The summed E-state index contributed by atoms with van der Waals surface area (Å²) in [6.07, 6.45) is 2.40. The Labute approximate surface area is 186 Å². The van der Waals surface area contributed by atoms with E-state index in [0.29, 0.717) is 17.9 Å². The molecule has 1 aliphatic heterocycles. The number of nitrogens with zero attached hydrogens (tertiary/aromatic N) is 4. The third-order valence-corrected chi connectivity index (χ3v) is 5.73. The fourth-order valence-electron chi connectivity index (χ4n) is 3.70. The maximum absolute atomic E-state index is 12.9. The summed E-state index contributed by atoms with van der Waals surface area (Å²) in [5, 5.41) is 4.04. The summed E-state index contributed by atoms with van der Waals surface area (Å²) in [5.41, 5.74) is 3.16. The molecule has 0 bridgehead atoms. The number of hydrogen-bond acceptors (Lipinski definition) is 5. The molecule has 154 valence electrons. The minimum absolute atomic E-state index is 0.0619. The van der Waals surface area contributed by atoms with Crippen LogP contribution < -0.4 is 10.5 Å². The molecule has 1 amide bonds. The molecule has 1 aliphatic rings. The third kappa shape index (κ3) is 3.82. The van der Waals surface area contributed by atoms with E-state index in [9.17, 15) is 9.59 Å². The minimum atomic E-state index is -0.267. The monoisotopic (exact) mass is 476 g/mol. The number of hydrogen-bond donors (Lipinski definition) is 0. The predicted octanol–water partition coefficient (Wildman–Crippen LogP) is 3.92. The number of benzene rings is 2. The number of aromatic nitrogens is 3. The Bertz CT molecular complexity index is 1340. The maximum atomic E-state index is 12.9. The van der Waals surface area contributed by atoms with Gasteiger partial charge in [0.2, 0.25) is 11.7 Å². The Morgan fingerprint density at radius 2 is 1.94 bits per heavy atom. The smallest absolute Gasteiger partial charge is 0.259 e. The van der Waals surface area contributed by atoms with Gasteiger partial charge >= 0.3 is 0 Å². The Kier molecular flexibility index (Phi) is 4.99. The fraction of sp³-hybridized carbons (Fsp3) is 0.130. The number of anilines is 1. The fourth-order valence-corrected chi connectivity index (χ4v) is 4.09. The molecule has 0 unspecified atom stereocenters. The number of fused-ring (bicyclic) bond motifs is 1. The van der Waals surface area contributed by atoms with E-state index >= 15 is 0 Å². The van der Waals surface area contributed by atoms with Crippen molar-refractivity contribution in [2.45, 2.75) is 13.0 Å². The van der Waals surface area contributed by atoms with Crippen LogP contribution in [-0.2, 0) is 17.8 Å². The first-order valence-electron chi connectivity index (χ1n) is 9.77. The van der Waals surface area contributed by atoms with E-state index in [4.69, 9.17) is 4.52 Å². The first-order chi connectivity index (χ1) is 15.1. The minimum Gasteiger partial charge on any atom is -0.334 e. The van der Waals surface area contributed by atoms with Gasteiger partial charge in [0.1, 0.15) is 6.54 Å². The molecule has 4 aromatic rings. The van der Waals surface area contributed by atoms with Crippen molar-refractivity contribution in [1.29, 1.82) is 0 Å². The lowest BCUT2D eigenvalue weighted by atomic mass is 10.2. The highest BCUT2D eigenvalue weighted by Crippen LogP contribution is 2.28. The Balaban J connectivity index is 1.40. The van der Waals surface area contributed by atoms with Crippen LogP contribution in [0.15, 0.2) is 80.7 Å². The molecule has 0 atom stereocenters. The third-order valence-electron chi connectivity index (χ3n) is 5.23. The van der Waals surface area contributed by atoms with E-state index in [-0.39, 0.29) is 23.9 Å². The van der Waals surface area contributed by atoms with Gasteiger partial charge in [-0.3, -0.25) is 9.59 Å². The van der Waals surface area contributed by atoms with Crippen LogP contribution in [-0.4, -0.2) is 27.2 Å². The van der Waals surface area contributed by atoms with Crippen LogP contribution in [0.4, 0.5) is 5.69 Å². The second kappa shape index (κ2) is 7.96. The average molecular weight is 477 g/mol. The molecule has 0 spiro atoms. The lowest BCUT2D eigenvalue weighted by Gasteiger charge is -2.18. The van der Waals surface area contributed by atoms with Gasteiger partial charge in [0, 0.05) is 34.5 Å². The highest BCUT2D eigenvalue weighted by atomic mass is 79.9. The highest BCUT2D eigenvalue weighted by molar-refractivity contribution is 9.10. The number of halogens is 1. The topological polar surface area (TPSA) is 81.2 Å². The van der Waals surface area contributed by atoms with E-state index in [2.05, 4.69) is 26.1 Å². The predicted molar refractivity (Wildman–Crippen MR) is 120 cm³/mol. The number of pyridine rings is 1. The molecule has 5 rings (SSSR count). The summed E-state index contributed by atoms with van der Waals surface area (Å²) < 4.78 is 7.69. The van der Waals surface area contributed by atoms with E-state index in [1.54, 1.807) is 17.2 Å². The Morgan fingerprint density at radius 3 is 2.81 bits per heavy atom. The van der Waals surface area contributed by atoms with Crippen LogP contribution >= 0.6 is 15.9 Å². The molecule has 7 nitrogen and oxygen atoms in total. The zero-order chi connectivity index (χ0) is 21.4. The molecular formula is C23H17BrN4O3. The summed E-state index contributed by atoms with van der Waals surface area (Å²) in [7, 11) is 0. The summed E-state index contributed by atoms with van der Waals surface area (Å²) in [6, 6.07) is 18.4. The van der Waals surface area contributed by atoms with Gasteiger partial charge in [-0.1, -0.05) is 51.4 Å². The van der Waals surface area contributed by atoms with Crippen molar-refractivity contribution in [2.24, 2.45) is 0 Å². The molecule has 2 aromatic heterocycles. The second-order valence-corrected chi connectivity index (χ2v) is 8.16. The highest BCUT2D eigenvalue weighted by Gasteiger charge is 2.24. The first kappa shape index (κ1) is 19.4. The molecule has 2 aromatic carbocycles. The molecule has 3 heterocycles. The van der Waals surface area contributed by atoms with Gasteiger partial charge in [0.05, 0.1) is 5.56 Å². The lowest BCUT2D eigenvalue weighted by molar-refractivity contribution is -0.119. The zero-order valence-corrected chi connectivity index (χ0v) is 17.9. The van der Waals surface area contributed by atoms with Crippen LogP contribution in [0, 0.1) is 0 Å². The van der Waals surface area contributed by atoms with Crippen molar-refractivity contribution in [1.82, 2.24) is 14.7 Å². The van der Waals surface area contributed by atoms with Crippen LogP contribution in [0.5, 0.6) is 0 Å². The molecule has 0 saturated heterocycles. The van der Waals surface area contributed by atoms with E-state index < -0.39 is 0 Å². The molecule has 0 saturated carbocycles. The number of carbonyl (C=O) groups is 1. The SMILES string of the molecule is O=C(Cn1cc(-c2nc(-c3cccc(Br)c3)no2)ccc1=O)N1CCc2ccccc21. The van der Waals surface area contributed by atoms with Crippen molar-refractivity contribution in [3.05, 3.63) is 87.3 Å². The van der Waals surface area contributed by atoms with Crippen LogP contribution in [0.2, 0.25) is 0 Å². The van der Waals surface area contributed by atoms with Gasteiger partial charge in [0.25, 0.3) is 11.4 Å². The first-order valence-corrected chi connectivity index (χ1v) is 10.6. The maximum Gasteiger partial charge on any atom is 0.259 e. The van der Waals surface area contributed by atoms with Crippen LogP contribution in [0.3, 0.4) is 0 Å². The standard InChI is InChI=1S/C23H17BrN4O3/c24-18-6-3-5-16(12-18)22-25-23(31-26-22)17-8-9-20(29)27(13-17)14-21(30)28-11-10-15-4-1-2-7-19(15)28/h1-9,12-13H,10-11,14H2. The van der Waals surface area contributed by atoms with Crippen molar-refractivity contribution in [2.75, 3.05) is 11.4 Å². The quantitative estimate of drug-likeness (QED) is 0.445. The second-order valence-electron chi connectivity index (χ2n) is 7.24. The summed E-state index contributed by atoms with van der Waals surface area (Å²) in [5.74, 6) is 0.589. The van der Waals surface area contributed by atoms with Gasteiger partial charge < -0.3 is 14.0 Å². The molecule has 31 heavy (non-hydrogen) atoms. The van der Waals surface area contributed by atoms with Crippen LogP contribution in [0.1, 0.15) is 5.56 Å². The van der Waals surface area contributed by atoms with E-state index in [0.717, 1.165) is 27.7 Å². The summed E-state index contributed by atoms with van der Waals surface area (Å²) >= 11 is 3.43. The molecule has 0 radical (unpaired) electrons. The van der Waals surface area contributed by atoms with Crippen molar-refractivity contribution >= 4 is 27.5 Å². The average Bonchev–Trinajstić information content (AvgIpc) is 3.43. The molecule has 8 heteroatoms. The normalized spacial score (nSPS) is 12.7. The van der Waals surface area contributed by atoms with E-state index in [1.165, 1.54) is 10.6 Å². The number of carbonyl (C=O) groups excluding carboxylic acids is 1. The van der Waals surface area contributed by atoms with Crippen LogP contribution in [0.25, 0.3) is 22.8 Å². The molecule has 0 fully saturated rings. The van der Waals surface area contributed by atoms with Crippen molar-refractivity contribution in [3.63, 3.8) is 0 Å². The van der Waals surface area contributed by atoms with Gasteiger partial charge in [-0.2, -0.15) is 4.98 Å². The Hall–Kier alpha value is -3.52. The number of amides is 1. The number of rotatable bonds is 4. The zero-order valence-electron chi connectivity index (χ0n) is 16.4.